The monoisotopic (exact) mass is 497 g/mol. The van der Waals surface area contributed by atoms with E-state index in [9.17, 15) is 18.0 Å². The van der Waals surface area contributed by atoms with Crippen LogP contribution in [0.1, 0.15) is 21.5 Å². The number of methoxy groups -OCH3 is 1. The van der Waals surface area contributed by atoms with E-state index < -0.39 is 17.7 Å². The molecule has 0 radical (unpaired) electrons. The van der Waals surface area contributed by atoms with Crippen molar-refractivity contribution >= 4 is 17.4 Å². The molecule has 0 aliphatic carbocycles. The van der Waals surface area contributed by atoms with E-state index in [0.717, 1.165) is 55.3 Å². The fourth-order valence-corrected chi connectivity index (χ4v) is 3.94. The minimum atomic E-state index is -4.55. The highest BCUT2D eigenvalue weighted by molar-refractivity contribution is 6.02. The van der Waals surface area contributed by atoms with Crippen molar-refractivity contribution < 1.29 is 27.5 Å². The van der Waals surface area contributed by atoms with Gasteiger partial charge in [-0.25, -0.2) is 4.79 Å². The SMILES string of the molecule is COc1ccc(N2CCN(C/C(=N/OC(=O)c3cccc(C(F)(F)F)c3)c3ccccc3)CC2)cc1. The standard InChI is InChI=1S/C27H26F3N3O3/c1-35-24-12-10-23(11-13-24)33-16-14-32(15-17-33)19-25(20-6-3-2-4-7-20)31-36-26(34)21-8-5-9-22(18-21)27(28,29)30/h2-13,18H,14-17,19H2,1H3/b31-25-. The van der Waals surface area contributed by atoms with E-state index in [1.54, 1.807) is 7.11 Å². The molecule has 0 amide bonds. The van der Waals surface area contributed by atoms with Crippen LogP contribution in [0.3, 0.4) is 0 Å². The molecule has 1 saturated heterocycles. The molecule has 3 aromatic carbocycles. The fourth-order valence-electron chi connectivity index (χ4n) is 3.94. The molecule has 3 aromatic rings. The highest BCUT2D eigenvalue weighted by Gasteiger charge is 2.31. The Hall–Kier alpha value is -3.85. The number of hydrogen-bond donors (Lipinski definition) is 0. The van der Waals surface area contributed by atoms with Crippen molar-refractivity contribution in [1.82, 2.24) is 4.90 Å². The molecule has 0 aromatic heterocycles. The summed E-state index contributed by atoms with van der Waals surface area (Å²) in [7, 11) is 1.64. The van der Waals surface area contributed by atoms with Gasteiger partial charge in [-0.05, 0) is 42.5 Å². The molecule has 1 heterocycles. The van der Waals surface area contributed by atoms with Gasteiger partial charge in [0, 0.05) is 44.0 Å². The third kappa shape index (κ3) is 6.42. The molecule has 0 unspecified atom stereocenters. The number of ether oxygens (including phenoxy) is 1. The third-order valence-corrected chi connectivity index (χ3v) is 5.95. The van der Waals surface area contributed by atoms with Crippen LogP contribution in [0.2, 0.25) is 0 Å². The molecular formula is C27H26F3N3O3. The van der Waals surface area contributed by atoms with Gasteiger partial charge in [-0.2, -0.15) is 13.2 Å². The molecule has 4 rings (SSSR count). The average molecular weight is 498 g/mol. The normalized spacial score (nSPS) is 15.0. The molecule has 9 heteroatoms. The first-order chi connectivity index (χ1) is 17.3. The lowest BCUT2D eigenvalue weighted by Gasteiger charge is -2.36. The van der Waals surface area contributed by atoms with Gasteiger partial charge in [0.25, 0.3) is 0 Å². The minimum Gasteiger partial charge on any atom is -0.497 e. The van der Waals surface area contributed by atoms with Crippen molar-refractivity contribution in [3.63, 3.8) is 0 Å². The third-order valence-electron chi connectivity index (χ3n) is 5.95. The van der Waals surface area contributed by atoms with Gasteiger partial charge in [-0.1, -0.05) is 41.6 Å². The van der Waals surface area contributed by atoms with Crippen LogP contribution in [-0.2, 0) is 11.0 Å². The molecule has 0 saturated carbocycles. The summed E-state index contributed by atoms with van der Waals surface area (Å²) in [6.07, 6.45) is -4.55. The Bertz CT molecular complexity index is 1190. The van der Waals surface area contributed by atoms with E-state index in [-0.39, 0.29) is 5.56 Å². The molecule has 188 valence electrons. The number of carbonyl (C=O) groups is 1. The molecular weight excluding hydrogens is 471 g/mol. The Morgan fingerprint density at radius 1 is 0.889 bits per heavy atom. The fraction of sp³-hybridized carbons (Fsp3) is 0.259. The van der Waals surface area contributed by atoms with Gasteiger partial charge in [0.1, 0.15) is 11.5 Å². The minimum absolute atomic E-state index is 0.214. The van der Waals surface area contributed by atoms with Gasteiger partial charge >= 0.3 is 12.1 Å². The van der Waals surface area contributed by atoms with Crippen LogP contribution >= 0.6 is 0 Å². The van der Waals surface area contributed by atoms with Crippen molar-refractivity contribution in [2.45, 2.75) is 6.18 Å². The second-order valence-corrected chi connectivity index (χ2v) is 8.32. The Morgan fingerprint density at radius 2 is 1.56 bits per heavy atom. The van der Waals surface area contributed by atoms with E-state index in [2.05, 4.69) is 15.0 Å². The first-order valence-electron chi connectivity index (χ1n) is 11.5. The van der Waals surface area contributed by atoms with Crippen LogP contribution in [-0.4, -0.2) is 56.4 Å². The summed E-state index contributed by atoms with van der Waals surface area (Å²) in [5, 5.41) is 4.07. The van der Waals surface area contributed by atoms with E-state index >= 15 is 0 Å². The van der Waals surface area contributed by atoms with Crippen LogP contribution < -0.4 is 9.64 Å². The molecule has 6 nitrogen and oxygen atoms in total. The van der Waals surface area contributed by atoms with Gasteiger partial charge in [0.2, 0.25) is 0 Å². The number of carbonyl (C=O) groups excluding carboxylic acids is 1. The Kier molecular flexibility index (Phi) is 7.90. The smallest absolute Gasteiger partial charge is 0.416 e. The average Bonchev–Trinajstić information content (AvgIpc) is 2.91. The molecule has 0 spiro atoms. The summed E-state index contributed by atoms with van der Waals surface area (Å²) in [6, 6.07) is 21.3. The quantitative estimate of drug-likeness (QED) is 0.258. The summed E-state index contributed by atoms with van der Waals surface area (Å²) < 4.78 is 44.2. The van der Waals surface area contributed by atoms with Gasteiger partial charge in [0.05, 0.1) is 18.2 Å². The Morgan fingerprint density at radius 3 is 2.19 bits per heavy atom. The van der Waals surface area contributed by atoms with E-state index in [1.165, 1.54) is 12.1 Å². The Balaban J connectivity index is 1.43. The lowest BCUT2D eigenvalue weighted by molar-refractivity contribution is -0.137. The highest BCUT2D eigenvalue weighted by atomic mass is 19.4. The molecule has 36 heavy (non-hydrogen) atoms. The van der Waals surface area contributed by atoms with Gasteiger partial charge in [0.15, 0.2) is 0 Å². The lowest BCUT2D eigenvalue weighted by atomic mass is 10.1. The number of alkyl halides is 3. The van der Waals surface area contributed by atoms with E-state index in [4.69, 9.17) is 9.57 Å². The Labute approximate surface area is 207 Å². The number of nitrogens with zero attached hydrogens (tertiary/aromatic N) is 3. The van der Waals surface area contributed by atoms with Crippen LogP contribution in [0, 0.1) is 0 Å². The number of piperazine rings is 1. The number of hydrogen-bond acceptors (Lipinski definition) is 6. The van der Waals surface area contributed by atoms with E-state index in [1.807, 2.05) is 54.6 Å². The maximum Gasteiger partial charge on any atom is 0.416 e. The first kappa shape index (κ1) is 25.2. The second-order valence-electron chi connectivity index (χ2n) is 8.32. The summed E-state index contributed by atoms with van der Waals surface area (Å²) in [5.41, 5.74) is 1.27. The maximum atomic E-state index is 13.0. The summed E-state index contributed by atoms with van der Waals surface area (Å²) in [4.78, 5) is 22.0. The molecule has 0 bridgehead atoms. The second kappa shape index (κ2) is 11.3. The zero-order valence-corrected chi connectivity index (χ0v) is 19.7. The lowest BCUT2D eigenvalue weighted by Crippen LogP contribution is -2.48. The van der Waals surface area contributed by atoms with Crippen molar-refractivity contribution in [3.05, 3.63) is 95.6 Å². The van der Waals surface area contributed by atoms with Gasteiger partial charge in [-0.15, -0.1) is 0 Å². The van der Waals surface area contributed by atoms with Crippen molar-refractivity contribution in [2.24, 2.45) is 5.16 Å². The summed E-state index contributed by atoms with van der Waals surface area (Å²) >= 11 is 0. The van der Waals surface area contributed by atoms with Crippen LogP contribution in [0.15, 0.2) is 84.0 Å². The zero-order valence-electron chi connectivity index (χ0n) is 19.7. The molecule has 0 N–H and O–H groups in total. The largest absolute Gasteiger partial charge is 0.497 e. The van der Waals surface area contributed by atoms with Gasteiger partial charge < -0.3 is 14.5 Å². The molecule has 1 aliphatic rings. The summed E-state index contributed by atoms with van der Waals surface area (Å²) in [6.45, 7) is 3.56. The van der Waals surface area contributed by atoms with Crippen molar-refractivity contribution in [3.8, 4) is 5.75 Å². The van der Waals surface area contributed by atoms with Gasteiger partial charge in [-0.3, -0.25) is 4.90 Å². The van der Waals surface area contributed by atoms with Crippen LogP contribution in [0.4, 0.5) is 18.9 Å². The predicted molar refractivity (Wildman–Crippen MR) is 131 cm³/mol. The maximum absolute atomic E-state index is 13.0. The molecule has 1 fully saturated rings. The number of oxime groups is 1. The number of anilines is 1. The predicted octanol–water partition coefficient (Wildman–Crippen LogP) is 5.10. The highest BCUT2D eigenvalue weighted by Crippen LogP contribution is 2.29. The van der Waals surface area contributed by atoms with Crippen LogP contribution in [0.25, 0.3) is 0 Å². The molecule has 1 aliphatic heterocycles. The number of rotatable bonds is 7. The topological polar surface area (TPSA) is 54.4 Å². The number of benzene rings is 3. The molecule has 0 atom stereocenters. The number of halogens is 3. The van der Waals surface area contributed by atoms with Crippen molar-refractivity contribution in [2.75, 3.05) is 44.7 Å². The van der Waals surface area contributed by atoms with Crippen LogP contribution in [0.5, 0.6) is 5.75 Å². The van der Waals surface area contributed by atoms with Crippen molar-refractivity contribution in [1.29, 1.82) is 0 Å². The zero-order chi connectivity index (χ0) is 25.5. The first-order valence-corrected chi connectivity index (χ1v) is 11.5. The van der Waals surface area contributed by atoms with E-state index in [0.29, 0.717) is 12.3 Å². The summed E-state index contributed by atoms with van der Waals surface area (Å²) in [5.74, 6) is -0.139.